The topological polar surface area (TPSA) is 45.7 Å². The van der Waals surface area contributed by atoms with Gasteiger partial charge in [-0.2, -0.15) is 0 Å². The summed E-state index contributed by atoms with van der Waals surface area (Å²) in [7, 11) is 0. The predicted molar refractivity (Wildman–Crippen MR) is 94.2 cm³/mol. The number of carbonyl (C=O) groups excluding carboxylic acids is 1. The van der Waals surface area contributed by atoms with Crippen LogP contribution in [0.3, 0.4) is 0 Å². The molecule has 3 heterocycles. The number of rotatable bonds is 2. The normalized spacial score (nSPS) is 21.5. The summed E-state index contributed by atoms with van der Waals surface area (Å²) in [4.78, 5) is 21.7. The van der Waals surface area contributed by atoms with Crippen LogP contribution < -0.4 is 4.90 Å². The Bertz CT molecular complexity index is 755. The van der Waals surface area contributed by atoms with E-state index in [0.29, 0.717) is 13.2 Å². The molecule has 1 aromatic heterocycles. The average molecular weight is 325 g/mol. The molecule has 4 rings (SSSR count). The fraction of sp³-hybridized carbons (Fsp3) is 0.474. The van der Waals surface area contributed by atoms with E-state index in [2.05, 4.69) is 30.0 Å². The summed E-state index contributed by atoms with van der Waals surface area (Å²) < 4.78 is 5.34. The van der Waals surface area contributed by atoms with Gasteiger partial charge in [-0.05, 0) is 31.0 Å². The van der Waals surface area contributed by atoms with E-state index in [1.165, 1.54) is 10.9 Å². The summed E-state index contributed by atoms with van der Waals surface area (Å²) in [5.41, 5.74) is 2.26. The molecule has 24 heavy (non-hydrogen) atoms. The van der Waals surface area contributed by atoms with Crippen LogP contribution in [0.2, 0.25) is 0 Å². The molecule has 2 aromatic rings. The highest BCUT2D eigenvalue weighted by Gasteiger charge is 2.32. The van der Waals surface area contributed by atoms with Gasteiger partial charge in [0.15, 0.2) is 0 Å². The van der Waals surface area contributed by atoms with Crippen molar-refractivity contribution < 1.29 is 9.53 Å². The lowest BCUT2D eigenvalue weighted by atomic mass is 10.1. The lowest BCUT2D eigenvalue weighted by molar-refractivity contribution is -0.138. The third kappa shape index (κ3) is 2.84. The van der Waals surface area contributed by atoms with Crippen molar-refractivity contribution in [2.24, 2.45) is 5.92 Å². The first-order valence-corrected chi connectivity index (χ1v) is 8.70. The van der Waals surface area contributed by atoms with Crippen molar-refractivity contribution in [3.8, 4) is 0 Å². The number of pyridine rings is 1. The highest BCUT2D eigenvalue weighted by atomic mass is 16.5. The van der Waals surface area contributed by atoms with E-state index in [4.69, 9.17) is 9.72 Å². The first kappa shape index (κ1) is 15.4. The summed E-state index contributed by atoms with van der Waals surface area (Å²) in [6.45, 7) is 6.55. The van der Waals surface area contributed by atoms with Crippen molar-refractivity contribution in [1.82, 2.24) is 9.88 Å². The van der Waals surface area contributed by atoms with E-state index in [-0.39, 0.29) is 11.8 Å². The fourth-order valence-electron chi connectivity index (χ4n) is 3.71. The Morgan fingerprint density at radius 1 is 1.21 bits per heavy atom. The van der Waals surface area contributed by atoms with E-state index in [1.807, 2.05) is 17.0 Å². The zero-order chi connectivity index (χ0) is 16.5. The lowest BCUT2D eigenvalue weighted by Crippen LogP contribution is -2.44. The van der Waals surface area contributed by atoms with Crippen LogP contribution >= 0.6 is 0 Å². The number of hydrogen-bond acceptors (Lipinski definition) is 4. The number of amides is 1. The Morgan fingerprint density at radius 3 is 2.83 bits per heavy atom. The van der Waals surface area contributed by atoms with Gasteiger partial charge in [0.05, 0.1) is 24.6 Å². The standard InChI is InChI=1S/C19H23N3O2/c1-14-12-18(20-17-5-3-2-4-16(14)17)22-7-6-15(13-22)19(23)21-8-10-24-11-9-21/h2-5,12,15H,6-11,13H2,1H3. The highest BCUT2D eigenvalue weighted by Crippen LogP contribution is 2.27. The molecule has 1 atom stereocenters. The largest absolute Gasteiger partial charge is 0.378 e. The number of hydrogen-bond donors (Lipinski definition) is 0. The van der Waals surface area contributed by atoms with Crippen molar-refractivity contribution in [1.29, 1.82) is 0 Å². The lowest BCUT2D eigenvalue weighted by Gasteiger charge is -2.29. The minimum atomic E-state index is 0.0803. The summed E-state index contributed by atoms with van der Waals surface area (Å²) in [5, 5.41) is 1.20. The third-order valence-corrected chi connectivity index (χ3v) is 5.09. The number of ether oxygens (including phenoxy) is 1. The molecule has 2 fully saturated rings. The van der Waals surface area contributed by atoms with Gasteiger partial charge in [0, 0.05) is 31.6 Å². The molecule has 2 aliphatic rings. The molecule has 0 bridgehead atoms. The number of morpholine rings is 1. The molecule has 2 saturated heterocycles. The number of benzene rings is 1. The number of para-hydroxylation sites is 1. The van der Waals surface area contributed by atoms with Gasteiger partial charge in [0.25, 0.3) is 0 Å². The summed E-state index contributed by atoms with van der Waals surface area (Å²) >= 11 is 0. The van der Waals surface area contributed by atoms with Crippen molar-refractivity contribution in [3.63, 3.8) is 0 Å². The van der Waals surface area contributed by atoms with E-state index >= 15 is 0 Å². The average Bonchev–Trinajstić information content (AvgIpc) is 3.12. The van der Waals surface area contributed by atoms with Crippen molar-refractivity contribution in [3.05, 3.63) is 35.9 Å². The van der Waals surface area contributed by atoms with Gasteiger partial charge < -0.3 is 14.5 Å². The molecule has 1 aromatic carbocycles. The molecule has 0 spiro atoms. The van der Waals surface area contributed by atoms with E-state index in [1.54, 1.807) is 0 Å². The Morgan fingerprint density at radius 2 is 2.00 bits per heavy atom. The summed E-state index contributed by atoms with van der Waals surface area (Å²) in [6, 6.07) is 10.4. The Hall–Kier alpha value is -2.14. The van der Waals surface area contributed by atoms with Gasteiger partial charge >= 0.3 is 0 Å². The predicted octanol–water partition coefficient (Wildman–Crippen LogP) is 2.23. The zero-order valence-corrected chi connectivity index (χ0v) is 14.1. The molecule has 0 radical (unpaired) electrons. The first-order chi connectivity index (χ1) is 11.7. The van der Waals surface area contributed by atoms with Crippen LogP contribution in [0.15, 0.2) is 30.3 Å². The molecule has 1 amide bonds. The SMILES string of the molecule is Cc1cc(N2CCC(C(=O)N3CCOCC3)C2)nc2ccccc12. The Kier molecular flexibility index (Phi) is 4.10. The molecular weight excluding hydrogens is 302 g/mol. The Balaban J connectivity index is 1.51. The van der Waals surface area contributed by atoms with Gasteiger partial charge in [0.2, 0.25) is 5.91 Å². The molecule has 5 heteroatoms. The number of anilines is 1. The maximum absolute atomic E-state index is 12.7. The van der Waals surface area contributed by atoms with Crippen molar-refractivity contribution in [2.45, 2.75) is 13.3 Å². The molecule has 1 unspecified atom stereocenters. The van der Waals surface area contributed by atoms with Crippen molar-refractivity contribution >= 4 is 22.6 Å². The smallest absolute Gasteiger partial charge is 0.227 e. The maximum Gasteiger partial charge on any atom is 0.227 e. The number of aryl methyl sites for hydroxylation is 1. The molecular formula is C19H23N3O2. The van der Waals surface area contributed by atoms with Crippen LogP contribution in [-0.4, -0.2) is 55.2 Å². The molecule has 0 aliphatic carbocycles. The van der Waals surface area contributed by atoms with Gasteiger partial charge in [-0.25, -0.2) is 4.98 Å². The van der Waals surface area contributed by atoms with Gasteiger partial charge in [-0.1, -0.05) is 18.2 Å². The summed E-state index contributed by atoms with van der Waals surface area (Å²) in [5.74, 6) is 1.35. The van der Waals surface area contributed by atoms with Crippen LogP contribution in [0, 0.1) is 12.8 Å². The highest BCUT2D eigenvalue weighted by molar-refractivity contribution is 5.84. The van der Waals surface area contributed by atoms with Gasteiger partial charge in [-0.3, -0.25) is 4.79 Å². The quantitative estimate of drug-likeness (QED) is 0.849. The van der Waals surface area contributed by atoms with Crippen LogP contribution in [-0.2, 0) is 9.53 Å². The van der Waals surface area contributed by atoms with Crippen LogP contribution in [0.25, 0.3) is 10.9 Å². The molecule has 126 valence electrons. The van der Waals surface area contributed by atoms with E-state index < -0.39 is 0 Å². The van der Waals surface area contributed by atoms with Crippen LogP contribution in [0.4, 0.5) is 5.82 Å². The van der Waals surface area contributed by atoms with Crippen LogP contribution in [0.1, 0.15) is 12.0 Å². The maximum atomic E-state index is 12.7. The minimum absolute atomic E-state index is 0.0803. The first-order valence-electron chi connectivity index (χ1n) is 8.70. The van der Waals surface area contributed by atoms with Gasteiger partial charge in [0.1, 0.15) is 5.82 Å². The van der Waals surface area contributed by atoms with Gasteiger partial charge in [-0.15, -0.1) is 0 Å². The fourth-order valence-corrected chi connectivity index (χ4v) is 3.71. The third-order valence-electron chi connectivity index (χ3n) is 5.09. The summed E-state index contributed by atoms with van der Waals surface area (Å²) in [6.07, 6.45) is 0.906. The molecule has 5 nitrogen and oxygen atoms in total. The number of carbonyl (C=O) groups is 1. The second-order valence-electron chi connectivity index (χ2n) is 6.68. The van der Waals surface area contributed by atoms with Crippen LogP contribution in [0.5, 0.6) is 0 Å². The number of aromatic nitrogens is 1. The van der Waals surface area contributed by atoms with E-state index in [0.717, 1.165) is 43.9 Å². The van der Waals surface area contributed by atoms with Crippen molar-refractivity contribution in [2.75, 3.05) is 44.3 Å². The second-order valence-corrected chi connectivity index (χ2v) is 6.68. The number of nitrogens with zero attached hydrogens (tertiary/aromatic N) is 3. The Labute approximate surface area is 142 Å². The second kappa shape index (κ2) is 6.40. The monoisotopic (exact) mass is 325 g/mol. The minimum Gasteiger partial charge on any atom is -0.378 e. The molecule has 2 aliphatic heterocycles. The zero-order valence-electron chi connectivity index (χ0n) is 14.1. The number of fused-ring (bicyclic) bond motifs is 1. The molecule has 0 saturated carbocycles. The molecule has 0 N–H and O–H groups in total. The van der Waals surface area contributed by atoms with E-state index in [9.17, 15) is 4.79 Å².